The first-order valence-corrected chi connectivity index (χ1v) is 7.78. The number of rotatable bonds is 6. The second-order valence-corrected chi connectivity index (χ2v) is 6.44. The summed E-state index contributed by atoms with van der Waals surface area (Å²) in [5.74, 6) is 1.18. The molecule has 0 aliphatic heterocycles. The van der Waals surface area contributed by atoms with E-state index in [1.165, 1.54) is 36.8 Å². The van der Waals surface area contributed by atoms with Crippen LogP contribution in [0.2, 0.25) is 5.02 Å². The van der Waals surface area contributed by atoms with Crippen molar-refractivity contribution in [2.24, 2.45) is 17.6 Å². The van der Waals surface area contributed by atoms with Crippen LogP contribution in [0.1, 0.15) is 32.1 Å². The molecule has 1 heterocycles. The number of anilines is 1. The zero-order chi connectivity index (χ0) is 14.1. The molecule has 0 aromatic carbocycles. The van der Waals surface area contributed by atoms with Crippen molar-refractivity contribution >= 4 is 17.3 Å². The van der Waals surface area contributed by atoms with E-state index in [2.05, 4.69) is 10.4 Å². The molecule has 0 bridgehead atoms. The fourth-order valence-corrected chi connectivity index (χ4v) is 2.78. The summed E-state index contributed by atoms with van der Waals surface area (Å²) >= 11 is 6.09. The lowest BCUT2D eigenvalue weighted by Crippen LogP contribution is -2.35. The van der Waals surface area contributed by atoms with Crippen molar-refractivity contribution in [1.82, 2.24) is 9.78 Å². The predicted molar refractivity (Wildman–Crippen MR) is 80.0 cm³/mol. The van der Waals surface area contributed by atoms with E-state index in [0.29, 0.717) is 35.6 Å². The van der Waals surface area contributed by atoms with Crippen LogP contribution in [0.3, 0.4) is 0 Å². The Morgan fingerprint density at radius 2 is 2.20 bits per heavy atom. The van der Waals surface area contributed by atoms with Crippen LogP contribution in [0.15, 0.2) is 11.0 Å². The zero-order valence-corrected chi connectivity index (χ0v) is 12.3. The van der Waals surface area contributed by atoms with E-state index >= 15 is 0 Å². The molecule has 0 saturated heterocycles. The first kappa shape index (κ1) is 13.9. The molecule has 6 heteroatoms. The summed E-state index contributed by atoms with van der Waals surface area (Å²) in [5, 5.41) is 7.64. The van der Waals surface area contributed by atoms with Crippen LogP contribution in [0, 0.1) is 11.8 Å². The van der Waals surface area contributed by atoms with Gasteiger partial charge in [-0.1, -0.05) is 18.0 Å². The van der Waals surface area contributed by atoms with E-state index in [4.69, 9.17) is 17.3 Å². The molecule has 1 aromatic rings. The minimum atomic E-state index is -0.132. The van der Waals surface area contributed by atoms with E-state index in [1.54, 1.807) is 6.20 Å². The molecule has 0 amide bonds. The van der Waals surface area contributed by atoms with Gasteiger partial charge < -0.3 is 11.1 Å². The SMILES string of the molecule is NC(CNc1c(Cl)cnn(CC2CCC2)c1=O)C1CC1. The third-order valence-electron chi connectivity index (χ3n) is 4.40. The van der Waals surface area contributed by atoms with Crippen LogP contribution in [0.25, 0.3) is 0 Å². The van der Waals surface area contributed by atoms with Crippen LogP contribution in [-0.2, 0) is 6.54 Å². The summed E-state index contributed by atoms with van der Waals surface area (Å²) in [7, 11) is 0. The van der Waals surface area contributed by atoms with Gasteiger partial charge in [-0.2, -0.15) is 5.10 Å². The summed E-state index contributed by atoms with van der Waals surface area (Å²) in [4.78, 5) is 12.4. The van der Waals surface area contributed by atoms with Crippen LogP contribution in [0.5, 0.6) is 0 Å². The molecule has 2 fully saturated rings. The van der Waals surface area contributed by atoms with Crippen LogP contribution in [-0.4, -0.2) is 22.4 Å². The van der Waals surface area contributed by atoms with Gasteiger partial charge in [-0.3, -0.25) is 4.79 Å². The van der Waals surface area contributed by atoms with E-state index in [1.807, 2.05) is 0 Å². The Balaban J connectivity index is 1.70. The van der Waals surface area contributed by atoms with Crippen molar-refractivity contribution < 1.29 is 0 Å². The Bertz CT molecular complexity index is 536. The van der Waals surface area contributed by atoms with Gasteiger partial charge in [0.1, 0.15) is 5.69 Å². The maximum absolute atomic E-state index is 12.4. The molecule has 5 nitrogen and oxygen atoms in total. The highest BCUT2D eigenvalue weighted by Crippen LogP contribution is 2.31. The van der Waals surface area contributed by atoms with Gasteiger partial charge in [-0.15, -0.1) is 0 Å². The summed E-state index contributed by atoms with van der Waals surface area (Å²) in [5.41, 5.74) is 6.36. The van der Waals surface area contributed by atoms with Gasteiger partial charge in [-0.25, -0.2) is 4.68 Å². The number of halogens is 1. The summed E-state index contributed by atoms with van der Waals surface area (Å²) in [6.45, 7) is 1.28. The third kappa shape index (κ3) is 2.99. The lowest BCUT2D eigenvalue weighted by Gasteiger charge is -2.25. The van der Waals surface area contributed by atoms with Crippen LogP contribution in [0.4, 0.5) is 5.69 Å². The standard InChI is InChI=1S/C14H21ClN4O/c15-11-6-18-19(8-9-2-1-3-9)14(20)13(11)17-7-12(16)10-4-5-10/h6,9-10,12,17H,1-5,7-8,16H2. The largest absolute Gasteiger partial charge is 0.378 e. The number of hydrogen-bond acceptors (Lipinski definition) is 4. The molecule has 2 saturated carbocycles. The van der Waals surface area contributed by atoms with E-state index in [0.717, 1.165) is 0 Å². The van der Waals surface area contributed by atoms with E-state index < -0.39 is 0 Å². The Kier molecular flexibility index (Phi) is 3.98. The molecule has 0 radical (unpaired) electrons. The second kappa shape index (κ2) is 5.74. The van der Waals surface area contributed by atoms with E-state index in [9.17, 15) is 4.79 Å². The molecule has 1 unspecified atom stereocenters. The van der Waals surface area contributed by atoms with Crippen LogP contribution >= 0.6 is 11.6 Å². The topological polar surface area (TPSA) is 72.9 Å². The van der Waals surface area contributed by atoms with Crippen LogP contribution < -0.4 is 16.6 Å². The van der Waals surface area contributed by atoms with Gasteiger partial charge >= 0.3 is 0 Å². The minimum absolute atomic E-state index is 0.0960. The van der Waals surface area contributed by atoms with Crippen molar-refractivity contribution in [1.29, 1.82) is 0 Å². The highest BCUT2D eigenvalue weighted by atomic mass is 35.5. The first-order valence-electron chi connectivity index (χ1n) is 7.40. The quantitative estimate of drug-likeness (QED) is 0.840. The highest BCUT2D eigenvalue weighted by molar-refractivity contribution is 6.32. The average molecular weight is 297 g/mol. The van der Waals surface area contributed by atoms with Gasteiger partial charge in [-0.05, 0) is 37.5 Å². The molecular weight excluding hydrogens is 276 g/mol. The molecule has 1 atom stereocenters. The monoisotopic (exact) mass is 296 g/mol. The molecule has 110 valence electrons. The van der Waals surface area contributed by atoms with E-state index in [-0.39, 0.29) is 11.6 Å². The van der Waals surface area contributed by atoms with Gasteiger partial charge in [0.15, 0.2) is 0 Å². The Hall–Kier alpha value is -1.07. The fraction of sp³-hybridized carbons (Fsp3) is 0.714. The smallest absolute Gasteiger partial charge is 0.291 e. The zero-order valence-electron chi connectivity index (χ0n) is 11.5. The van der Waals surface area contributed by atoms with Gasteiger partial charge in [0.2, 0.25) is 0 Å². The third-order valence-corrected chi connectivity index (χ3v) is 4.68. The first-order chi connectivity index (χ1) is 9.65. The maximum atomic E-state index is 12.4. The minimum Gasteiger partial charge on any atom is -0.378 e. The number of nitrogens with zero attached hydrogens (tertiary/aromatic N) is 2. The lowest BCUT2D eigenvalue weighted by molar-refractivity contribution is 0.262. The molecule has 2 aliphatic rings. The summed E-state index contributed by atoms with van der Waals surface area (Å²) in [6.07, 6.45) is 7.57. The molecular formula is C14H21ClN4O. The van der Waals surface area contributed by atoms with Crippen molar-refractivity contribution in [3.05, 3.63) is 21.6 Å². The molecule has 2 aliphatic carbocycles. The van der Waals surface area contributed by atoms with Crippen molar-refractivity contribution in [2.45, 2.75) is 44.7 Å². The number of nitrogens with one attached hydrogen (secondary N) is 1. The summed E-state index contributed by atoms with van der Waals surface area (Å²) < 4.78 is 1.53. The van der Waals surface area contributed by atoms with Gasteiger partial charge in [0.25, 0.3) is 5.56 Å². The van der Waals surface area contributed by atoms with Crippen molar-refractivity contribution in [3.63, 3.8) is 0 Å². The molecule has 3 N–H and O–H groups in total. The molecule has 0 spiro atoms. The highest BCUT2D eigenvalue weighted by Gasteiger charge is 2.28. The Labute approximate surface area is 123 Å². The molecule has 20 heavy (non-hydrogen) atoms. The maximum Gasteiger partial charge on any atom is 0.291 e. The second-order valence-electron chi connectivity index (χ2n) is 6.03. The molecule has 3 rings (SSSR count). The Morgan fingerprint density at radius 3 is 2.80 bits per heavy atom. The lowest BCUT2D eigenvalue weighted by atomic mass is 9.85. The van der Waals surface area contributed by atoms with Crippen molar-refractivity contribution in [3.8, 4) is 0 Å². The summed E-state index contributed by atoms with van der Waals surface area (Å²) in [6, 6.07) is 0.0960. The predicted octanol–water partition coefficient (Wildman–Crippen LogP) is 1.85. The number of nitrogens with two attached hydrogens (primary N) is 1. The van der Waals surface area contributed by atoms with Gasteiger partial charge in [0.05, 0.1) is 11.2 Å². The van der Waals surface area contributed by atoms with Gasteiger partial charge in [0, 0.05) is 19.1 Å². The van der Waals surface area contributed by atoms with Crippen molar-refractivity contribution in [2.75, 3.05) is 11.9 Å². The molecule has 1 aromatic heterocycles. The Morgan fingerprint density at radius 1 is 1.45 bits per heavy atom. The number of hydrogen-bond donors (Lipinski definition) is 2. The normalized spacial score (nSPS) is 20.5. The number of aromatic nitrogens is 2. The average Bonchev–Trinajstić information content (AvgIpc) is 3.19. The fourth-order valence-electron chi connectivity index (χ4n) is 2.59.